The number of fused-ring (bicyclic) bond motifs is 1. The van der Waals surface area contributed by atoms with Crippen molar-refractivity contribution < 1.29 is 0 Å². The van der Waals surface area contributed by atoms with E-state index in [4.69, 9.17) is 11.6 Å². The van der Waals surface area contributed by atoms with Gasteiger partial charge in [0.2, 0.25) is 5.28 Å². The summed E-state index contributed by atoms with van der Waals surface area (Å²) >= 11 is 5.97. The van der Waals surface area contributed by atoms with Gasteiger partial charge in [-0.05, 0) is 30.7 Å². The molecular formula is C14H14ClN5. The highest BCUT2D eigenvalue weighted by Crippen LogP contribution is 2.22. The van der Waals surface area contributed by atoms with Gasteiger partial charge in [-0.15, -0.1) is 0 Å². The molecule has 1 unspecified atom stereocenters. The predicted molar refractivity (Wildman–Crippen MR) is 79.9 cm³/mol. The number of rotatable bonds is 4. The largest absolute Gasteiger partial charge is 0.365 e. The van der Waals surface area contributed by atoms with Crippen LogP contribution in [0.4, 0.5) is 5.82 Å². The lowest BCUT2D eigenvalue weighted by Gasteiger charge is -2.16. The zero-order valence-electron chi connectivity index (χ0n) is 11.0. The van der Waals surface area contributed by atoms with Crippen molar-refractivity contribution >= 4 is 28.3 Å². The molecule has 6 heteroatoms. The fourth-order valence-electron chi connectivity index (χ4n) is 2.15. The SMILES string of the molecule is CC(Cn1ccnc1)Nc1nc(Cl)nc2ccccc12. The Balaban J connectivity index is 1.86. The van der Waals surface area contributed by atoms with E-state index < -0.39 is 0 Å². The number of hydrogen-bond acceptors (Lipinski definition) is 4. The highest BCUT2D eigenvalue weighted by molar-refractivity contribution is 6.28. The Labute approximate surface area is 121 Å². The number of nitrogens with one attached hydrogen (secondary N) is 1. The van der Waals surface area contributed by atoms with Gasteiger partial charge in [0.15, 0.2) is 0 Å². The summed E-state index contributed by atoms with van der Waals surface area (Å²) in [6.45, 7) is 2.89. The van der Waals surface area contributed by atoms with E-state index in [-0.39, 0.29) is 11.3 Å². The molecule has 1 atom stereocenters. The standard InChI is InChI=1S/C14H14ClN5/c1-10(8-20-7-6-16-9-20)17-13-11-4-2-3-5-12(11)18-14(15)19-13/h2-7,9-10H,8H2,1H3,(H,17,18,19). The average molecular weight is 288 g/mol. The van der Waals surface area contributed by atoms with Crippen molar-refractivity contribution in [2.45, 2.75) is 19.5 Å². The van der Waals surface area contributed by atoms with Crippen LogP contribution in [-0.4, -0.2) is 25.6 Å². The molecule has 0 amide bonds. The molecule has 1 aromatic carbocycles. The molecule has 3 rings (SSSR count). The summed E-state index contributed by atoms with van der Waals surface area (Å²) in [5.74, 6) is 0.758. The van der Waals surface area contributed by atoms with Crippen LogP contribution >= 0.6 is 11.6 Å². The van der Waals surface area contributed by atoms with Crippen molar-refractivity contribution in [2.24, 2.45) is 0 Å². The maximum atomic E-state index is 5.97. The third-order valence-corrected chi connectivity index (χ3v) is 3.17. The molecule has 20 heavy (non-hydrogen) atoms. The summed E-state index contributed by atoms with van der Waals surface area (Å²) in [4.78, 5) is 12.5. The molecule has 0 aliphatic carbocycles. The van der Waals surface area contributed by atoms with Crippen LogP contribution in [0, 0.1) is 0 Å². The van der Waals surface area contributed by atoms with Crippen LogP contribution in [0.3, 0.4) is 0 Å². The van der Waals surface area contributed by atoms with Crippen molar-refractivity contribution in [3.63, 3.8) is 0 Å². The maximum absolute atomic E-state index is 5.97. The number of para-hydroxylation sites is 1. The lowest BCUT2D eigenvalue weighted by atomic mass is 10.2. The molecule has 2 aromatic heterocycles. The molecule has 0 aliphatic rings. The second kappa shape index (κ2) is 5.46. The minimum Gasteiger partial charge on any atom is -0.365 e. The van der Waals surface area contributed by atoms with Gasteiger partial charge in [-0.25, -0.2) is 15.0 Å². The van der Waals surface area contributed by atoms with Gasteiger partial charge in [0.1, 0.15) is 5.82 Å². The fourth-order valence-corrected chi connectivity index (χ4v) is 2.32. The lowest BCUT2D eigenvalue weighted by molar-refractivity contribution is 0.617. The van der Waals surface area contributed by atoms with Gasteiger partial charge in [0.05, 0.1) is 11.8 Å². The number of halogens is 1. The van der Waals surface area contributed by atoms with Crippen LogP contribution in [0.25, 0.3) is 10.9 Å². The van der Waals surface area contributed by atoms with Crippen molar-refractivity contribution in [1.29, 1.82) is 0 Å². The van der Waals surface area contributed by atoms with Crippen LogP contribution < -0.4 is 5.32 Å². The number of imidazole rings is 1. The minimum absolute atomic E-state index is 0.193. The van der Waals surface area contributed by atoms with E-state index >= 15 is 0 Å². The number of hydrogen-bond donors (Lipinski definition) is 1. The van der Waals surface area contributed by atoms with Gasteiger partial charge < -0.3 is 9.88 Å². The zero-order valence-corrected chi connectivity index (χ0v) is 11.7. The molecule has 1 N–H and O–H groups in total. The Morgan fingerprint density at radius 1 is 1.30 bits per heavy atom. The summed E-state index contributed by atoms with van der Waals surface area (Å²) < 4.78 is 2.02. The Morgan fingerprint density at radius 2 is 2.15 bits per heavy atom. The first-order valence-corrected chi connectivity index (χ1v) is 6.75. The Hall–Kier alpha value is -2.14. The monoisotopic (exact) mass is 287 g/mol. The number of anilines is 1. The first-order chi connectivity index (χ1) is 9.72. The summed E-state index contributed by atoms with van der Waals surface area (Å²) in [5, 5.41) is 4.60. The average Bonchev–Trinajstić information content (AvgIpc) is 2.91. The van der Waals surface area contributed by atoms with Crippen LogP contribution in [0.1, 0.15) is 6.92 Å². The van der Waals surface area contributed by atoms with E-state index in [2.05, 4.69) is 27.2 Å². The van der Waals surface area contributed by atoms with Crippen LogP contribution in [-0.2, 0) is 6.54 Å². The molecule has 5 nitrogen and oxygen atoms in total. The maximum Gasteiger partial charge on any atom is 0.224 e. The van der Waals surface area contributed by atoms with Crippen molar-refractivity contribution in [3.8, 4) is 0 Å². The molecule has 0 bridgehead atoms. The van der Waals surface area contributed by atoms with Gasteiger partial charge in [0.25, 0.3) is 0 Å². The summed E-state index contributed by atoms with van der Waals surface area (Å²) in [6, 6.07) is 8.00. The second-order valence-electron chi connectivity index (χ2n) is 4.66. The summed E-state index contributed by atoms with van der Waals surface area (Å²) in [6.07, 6.45) is 5.50. The van der Waals surface area contributed by atoms with Gasteiger partial charge >= 0.3 is 0 Å². The van der Waals surface area contributed by atoms with Gasteiger partial charge in [0, 0.05) is 30.4 Å². The van der Waals surface area contributed by atoms with Crippen molar-refractivity contribution in [3.05, 3.63) is 48.3 Å². The Bertz CT molecular complexity index is 711. The molecule has 0 fully saturated rings. The lowest BCUT2D eigenvalue weighted by Crippen LogP contribution is -2.22. The quantitative estimate of drug-likeness (QED) is 0.750. The van der Waals surface area contributed by atoms with E-state index in [1.54, 1.807) is 12.5 Å². The summed E-state index contributed by atoms with van der Waals surface area (Å²) in [5.41, 5.74) is 0.838. The third kappa shape index (κ3) is 2.72. The minimum atomic E-state index is 0.193. The molecular weight excluding hydrogens is 274 g/mol. The van der Waals surface area contributed by atoms with Crippen LogP contribution in [0.15, 0.2) is 43.0 Å². The van der Waals surface area contributed by atoms with Gasteiger partial charge in [-0.2, -0.15) is 0 Å². The molecule has 0 saturated heterocycles. The number of nitrogens with zero attached hydrogens (tertiary/aromatic N) is 4. The van der Waals surface area contributed by atoms with Crippen LogP contribution in [0.2, 0.25) is 5.28 Å². The van der Waals surface area contributed by atoms with E-state index in [0.717, 1.165) is 23.3 Å². The third-order valence-electron chi connectivity index (χ3n) is 3.00. The number of benzene rings is 1. The number of aromatic nitrogens is 4. The molecule has 3 aromatic rings. The highest BCUT2D eigenvalue weighted by atomic mass is 35.5. The van der Waals surface area contributed by atoms with Crippen molar-refractivity contribution in [1.82, 2.24) is 19.5 Å². The molecule has 0 radical (unpaired) electrons. The van der Waals surface area contributed by atoms with Crippen LogP contribution in [0.5, 0.6) is 0 Å². The van der Waals surface area contributed by atoms with Crippen molar-refractivity contribution in [2.75, 3.05) is 5.32 Å². The van der Waals surface area contributed by atoms with Gasteiger partial charge in [-0.3, -0.25) is 0 Å². The van der Waals surface area contributed by atoms with E-state index in [1.807, 2.05) is 35.0 Å². The van der Waals surface area contributed by atoms with E-state index in [1.165, 1.54) is 0 Å². The first-order valence-electron chi connectivity index (χ1n) is 6.37. The van der Waals surface area contributed by atoms with Gasteiger partial charge in [-0.1, -0.05) is 12.1 Å². The fraction of sp³-hybridized carbons (Fsp3) is 0.214. The predicted octanol–water partition coefficient (Wildman–Crippen LogP) is 2.98. The van der Waals surface area contributed by atoms with E-state index in [9.17, 15) is 0 Å². The molecule has 0 saturated carbocycles. The second-order valence-corrected chi connectivity index (χ2v) is 5.00. The summed E-state index contributed by atoms with van der Waals surface area (Å²) in [7, 11) is 0. The zero-order chi connectivity index (χ0) is 13.9. The first kappa shape index (κ1) is 12.9. The Kier molecular flexibility index (Phi) is 3.52. The van der Waals surface area contributed by atoms with E-state index in [0.29, 0.717) is 0 Å². The molecule has 102 valence electrons. The molecule has 0 spiro atoms. The molecule has 0 aliphatic heterocycles. The molecule has 2 heterocycles. The highest BCUT2D eigenvalue weighted by Gasteiger charge is 2.09. The Morgan fingerprint density at radius 3 is 2.95 bits per heavy atom. The topological polar surface area (TPSA) is 55.6 Å². The smallest absolute Gasteiger partial charge is 0.224 e. The normalized spacial score (nSPS) is 12.5.